The van der Waals surface area contributed by atoms with E-state index in [1.165, 1.54) is 0 Å². The molecular weight excluding hydrogens is 232 g/mol. The van der Waals surface area contributed by atoms with E-state index >= 15 is 0 Å². The van der Waals surface area contributed by atoms with Crippen molar-refractivity contribution in [2.75, 3.05) is 18.1 Å². The van der Waals surface area contributed by atoms with Crippen molar-refractivity contribution in [2.45, 2.75) is 37.9 Å². The van der Waals surface area contributed by atoms with Gasteiger partial charge in [0.15, 0.2) is 0 Å². The zero-order valence-electron chi connectivity index (χ0n) is 9.13. The lowest BCUT2D eigenvalue weighted by atomic mass is 10.3. The lowest BCUT2D eigenvalue weighted by Gasteiger charge is -2.11. The van der Waals surface area contributed by atoms with E-state index in [2.05, 4.69) is 0 Å². The van der Waals surface area contributed by atoms with Crippen molar-refractivity contribution in [3.05, 3.63) is 0 Å². The fourth-order valence-electron chi connectivity index (χ4n) is 1.68. The summed E-state index contributed by atoms with van der Waals surface area (Å²) >= 11 is 0. The molecule has 1 fully saturated rings. The molecule has 0 aromatic heterocycles. The average molecular weight is 250 g/mol. The van der Waals surface area contributed by atoms with E-state index in [1.807, 2.05) is 0 Å². The molecule has 1 rings (SSSR count). The second kappa shape index (κ2) is 6.98. The molecule has 1 saturated carbocycles. The van der Waals surface area contributed by atoms with Gasteiger partial charge in [0.2, 0.25) is 0 Å². The molecular formula is C10H18O5S. The van der Waals surface area contributed by atoms with Crippen LogP contribution in [0.5, 0.6) is 0 Å². The number of ether oxygens (including phenoxy) is 1. The summed E-state index contributed by atoms with van der Waals surface area (Å²) < 4.78 is 16.5. The molecule has 1 aliphatic carbocycles. The Morgan fingerprint density at radius 2 is 2.06 bits per heavy atom. The summed E-state index contributed by atoms with van der Waals surface area (Å²) in [4.78, 5) is 11.3. The molecule has 0 amide bonds. The topological polar surface area (TPSA) is 83.8 Å². The third-order valence-electron chi connectivity index (χ3n) is 2.47. The Hall–Kier alpha value is -0.460. The van der Waals surface area contributed by atoms with E-state index in [-0.39, 0.29) is 17.6 Å². The van der Waals surface area contributed by atoms with Gasteiger partial charge in [-0.05, 0) is 25.7 Å². The highest BCUT2D eigenvalue weighted by Crippen LogP contribution is 2.20. The second-order valence-electron chi connectivity index (χ2n) is 3.98. The maximum atomic E-state index is 11.3. The quantitative estimate of drug-likeness (QED) is 0.625. The normalized spacial score (nSPS) is 20.6. The van der Waals surface area contributed by atoms with E-state index in [4.69, 9.17) is 14.9 Å². The number of aliphatic hydroxyl groups is 2. The minimum Gasteiger partial charge on any atom is -0.462 e. The van der Waals surface area contributed by atoms with Gasteiger partial charge < -0.3 is 14.9 Å². The van der Waals surface area contributed by atoms with Gasteiger partial charge in [0, 0.05) is 10.8 Å². The van der Waals surface area contributed by atoms with Gasteiger partial charge >= 0.3 is 5.97 Å². The summed E-state index contributed by atoms with van der Waals surface area (Å²) in [7, 11) is -1.46. The molecule has 0 aliphatic heterocycles. The number of hydrogen-bond acceptors (Lipinski definition) is 5. The number of rotatable bonds is 6. The van der Waals surface area contributed by atoms with Crippen LogP contribution in [0.15, 0.2) is 0 Å². The van der Waals surface area contributed by atoms with Gasteiger partial charge in [0.25, 0.3) is 0 Å². The van der Waals surface area contributed by atoms with Gasteiger partial charge in [0.1, 0.15) is 11.9 Å². The maximum absolute atomic E-state index is 11.3. The van der Waals surface area contributed by atoms with Crippen molar-refractivity contribution >= 4 is 16.8 Å². The summed E-state index contributed by atoms with van der Waals surface area (Å²) in [5, 5.41) is 17.6. The zero-order valence-corrected chi connectivity index (χ0v) is 9.95. The van der Waals surface area contributed by atoms with Crippen LogP contribution in [0.1, 0.15) is 25.7 Å². The van der Waals surface area contributed by atoms with Crippen LogP contribution < -0.4 is 0 Å². The highest BCUT2D eigenvalue weighted by molar-refractivity contribution is 7.85. The van der Waals surface area contributed by atoms with Gasteiger partial charge in [0.05, 0.1) is 18.5 Å². The standard InChI is InChI=1S/C10H18O5S/c11-5-8(12)6-16(14)7-10(13)15-9-3-1-2-4-9/h8-9,11-12H,1-7H2. The van der Waals surface area contributed by atoms with Crippen LogP contribution in [0, 0.1) is 0 Å². The molecule has 0 aromatic carbocycles. The molecule has 0 saturated heterocycles. The Morgan fingerprint density at radius 1 is 1.44 bits per heavy atom. The van der Waals surface area contributed by atoms with E-state index in [0.29, 0.717) is 0 Å². The predicted molar refractivity (Wildman–Crippen MR) is 59.3 cm³/mol. The van der Waals surface area contributed by atoms with Crippen molar-refractivity contribution in [1.82, 2.24) is 0 Å². The van der Waals surface area contributed by atoms with Crippen LogP contribution in [-0.2, 0) is 20.3 Å². The molecule has 2 atom stereocenters. The largest absolute Gasteiger partial charge is 0.462 e. The van der Waals surface area contributed by atoms with Gasteiger partial charge in [-0.1, -0.05) is 0 Å². The fraction of sp³-hybridized carbons (Fsp3) is 0.900. The van der Waals surface area contributed by atoms with E-state index < -0.39 is 29.5 Å². The monoisotopic (exact) mass is 250 g/mol. The van der Waals surface area contributed by atoms with Crippen molar-refractivity contribution in [3.63, 3.8) is 0 Å². The number of hydrogen-bond donors (Lipinski definition) is 2. The zero-order chi connectivity index (χ0) is 12.0. The molecule has 2 unspecified atom stereocenters. The SMILES string of the molecule is O=C(CS(=O)CC(O)CO)OC1CCCC1. The average Bonchev–Trinajstić information content (AvgIpc) is 2.69. The molecule has 0 aromatic rings. The van der Waals surface area contributed by atoms with Crippen LogP contribution in [0.2, 0.25) is 0 Å². The summed E-state index contributed by atoms with van der Waals surface area (Å²) in [6.45, 7) is -0.441. The molecule has 0 bridgehead atoms. The Morgan fingerprint density at radius 3 is 2.62 bits per heavy atom. The summed E-state index contributed by atoms with van der Waals surface area (Å²) in [5.41, 5.74) is 0. The molecule has 0 radical (unpaired) electrons. The minimum absolute atomic E-state index is 0.0211. The highest BCUT2D eigenvalue weighted by atomic mass is 32.2. The lowest BCUT2D eigenvalue weighted by molar-refractivity contribution is -0.145. The van der Waals surface area contributed by atoms with Crippen molar-refractivity contribution in [1.29, 1.82) is 0 Å². The van der Waals surface area contributed by atoms with Gasteiger partial charge in [-0.15, -0.1) is 0 Å². The predicted octanol–water partition coefficient (Wildman–Crippen LogP) is -0.426. The molecule has 5 nitrogen and oxygen atoms in total. The minimum atomic E-state index is -1.46. The van der Waals surface area contributed by atoms with Crippen molar-refractivity contribution in [3.8, 4) is 0 Å². The Balaban J connectivity index is 2.19. The van der Waals surface area contributed by atoms with Crippen LogP contribution >= 0.6 is 0 Å². The first-order valence-electron chi connectivity index (χ1n) is 5.45. The highest BCUT2D eigenvalue weighted by Gasteiger charge is 2.21. The number of carbonyl (C=O) groups is 1. The molecule has 0 heterocycles. The smallest absolute Gasteiger partial charge is 0.318 e. The molecule has 2 N–H and O–H groups in total. The third-order valence-corrected chi connectivity index (χ3v) is 3.78. The molecule has 6 heteroatoms. The van der Waals surface area contributed by atoms with Crippen LogP contribution in [0.4, 0.5) is 0 Å². The van der Waals surface area contributed by atoms with E-state index in [0.717, 1.165) is 25.7 Å². The molecule has 94 valence electrons. The van der Waals surface area contributed by atoms with Gasteiger partial charge in [-0.2, -0.15) is 0 Å². The Kier molecular flexibility index (Phi) is 5.94. The maximum Gasteiger partial charge on any atom is 0.318 e. The first-order valence-corrected chi connectivity index (χ1v) is 6.94. The molecule has 16 heavy (non-hydrogen) atoms. The van der Waals surface area contributed by atoms with Gasteiger partial charge in [-0.25, -0.2) is 0 Å². The Bertz CT molecular complexity index is 250. The van der Waals surface area contributed by atoms with Crippen molar-refractivity contribution < 1.29 is 24.0 Å². The molecule has 0 spiro atoms. The second-order valence-corrected chi connectivity index (χ2v) is 5.49. The van der Waals surface area contributed by atoms with Crippen LogP contribution in [0.3, 0.4) is 0 Å². The Labute approximate surface area is 97.3 Å². The lowest BCUT2D eigenvalue weighted by Crippen LogP contribution is -2.26. The summed E-state index contributed by atoms with van der Waals surface area (Å²) in [6.07, 6.45) is 2.87. The fourth-order valence-corrected chi connectivity index (χ4v) is 2.67. The first kappa shape index (κ1) is 13.6. The van der Waals surface area contributed by atoms with E-state index in [1.54, 1.807) is 0 Å². The van der Waals surface area contributed by atoms with Crippen LogP contribution in [-0.4, -0.2) is 50.7 Å². The summed E-state index contributed by atoms with van der Waals surface area (Å²) in [5.74, 6) is -0.764. The van der Waals surface area contributed by atoms with E-state index in [9.17, 15) is 9.00 Å². The van der Waals surface area contributed by atoms with Gasteiger partial charge in [-0.3, -0.25) is 9.00 Å². The number of esters is 1. The third kappa shape index (κ3) is 5.05. The first-order chi connectivity index (χ1) is 7.61. The number of carbonyl (C=O) groups excluding carboxylic acids is 1. The van der Waals surface area contributed by atoms with Crippen molar-refractivity contribution in [2.24, 2.45) is 0 Å². The number of aliphatic hydroxyl groups excluding tert-OH is 2. The molecule has 1 aliphatic rings. The van der Waals surface area contributed by atoms with Crippen LogP contribution in [0.25, 0.3) is 0 Å². The summed E-state index contributed by atoms with van der Waals surface area (Å²) in [6, 6.07) is 0.